The first-order valence-corrected chi connectivity index (χ1v) is 13.2. The number of thioether (sulfide) groups is 1. The minimum atomic E-state index is -3.61. The fraction of sp³-hybridized carbons (Fsp3) is 0.391. The summed E-state index contributed by atoms with van der Waals surface area (Å²) >= 11 is 1.37. The SMILES string of the molecule is CCN(CC)S(=O)(=O)c1cccc(-c2nnc(SCc3ccccc3F)n2C(C)COC)c1. The van der Waals surface area contributed by atoms with Crippen LogP contribution >= 0.6 is 11.8 Å². The molecule has 0 fully saturated rings. The molecule has 7 nitrogen and oxygen atoms in total. The van der Waals surface area contributed by atoms with Crippen LogP contribution in [0, 0.1) is 5.82 Å². The second-order valence-corrected chi connectivity index (χ2v) is 10.4. The number of benzene rings is 2. The lowest BCUT2D eigenvalue weighted by Gasteiger charge is -2.20. The highest BCUT2D eigenvalue weighted by molar-refractivity contribution is 7.98. The summed E-state index contributed by atoms with van der Waals surface area (Å²) in [6, 6.07) is 13.2. The van der Waals surface area contributed by atoms with E-state index in [2.05, 4.69) is 10.2 Å². The van der Waals surface area contributed by atoms with Gasteiger partial charge in [0.05, 0.1) is 17.5 Å². The van der Waals surface area contributed by atoms with Crippen molar-refractivity contribution in [1.82, 2.24) is 19.1 Å². The maximum Gasteiger partial charge on any atom is 0.243 e. The van der Waals surface area contributed by atoms with Gasteiger partial charge in [-0.15, -0.1) is 10.2 Å². The third kappa shape index (κ3) is 5.63. The Kier molecular flexibility index (Phi) is 8.63. The van der Waals surface area contributed by atoms with Crippen molar-refractivity contribution in [2.75, 3.05) is 26.8 Å². The van der Waals surface area contributed by atoms with Gasteiger partial charge in [-0.1, -0.05) is 55.9 Å². The van der Waals surface area contributed by atoms with Crippen LogP contribution in [0.25, 0.3) is 11.4 Å². The van der Waals surface area contributed by atoms with Gasteiger partial charge in [0.2, 0.25) is 10.0 Å². The zero-order valence-electron chi connectivity index (χ0n) is 19.2. The van der Waals surface area contributed by atoms with Crippen LogP contribution in [0.1, 0.15) is 32.4 Å². The smallest absolute Gasteiger partial charge is 0.243 e. The molecule has 33 heavy (non-hydrogen) atoms. The Balaban J connectivity index is 2.00. The first-order valence-electron chi connectivity index (χ1n) is 10.7. The molecular weight excluding hydrogens is 463 g/mol. The number of ether oxygens (including phenoxy) is 1. The highest BCUT2D eigenvalue weighted by Gasteiger charge is 2.24. The molecule has 1 aromatic heterocycles. The summed E-state index contributed by atoms with van der Waals surface area (Å²) < 4.78 is 48.8. The molecule has 0 bridgehead atoms. The number of aromatic nitrogens is 3. The average molecular weight is 493 g/mol. The molecule has 0 spiro atoms. The predicted octanol–water partition coefficient (Wildman–Crippen LogP) is 4.61. The van der Waals surface area contributed by atoms with Crippen LogP contribution < -0.4 is 0 Å². The molecular formula is C23H29FN4O3S2. The largest absolute Gasteiger partial charge is 0.383 e. The number of halogens is 1. The second-order valence-electron chi connectivity index (χ2n) is 7.48. The normalized spacial score (nSPS) is 12.9. The van der Waals surface area contributed by atoms with E-state index >= 15 is 0 Å². The van der Waals surface area contributed by atoms with Gasteiger partial charge in [-0.05, 0) is 30.7 Å². The monoisotopic (exact) mass is 492 g/mol. The molecule has 0 N–H and O–H groups in total. The summed E-state index contributed by atoms with van der Waals surface area (Å²) in [5.74, 6) is 0.656. The van der Waals surface area contributed by atoms with Crippen molar-refractivity contribution < 1.29 is 17.5 Å². The van der Waals surface area contributed by atoms with Crippen LogP contribution in [0.3, 0.4) is 0 Å². The molecule has 2 aromatic carbocycles. The zero-order valence-corrected chi connectivity index (χ0v) is 20.9. The highest BCUT2D eigenvalue weighted by Crippen LogP contribution is 2.31. The maximum atomic E-state index is 14.1. The molecule has 1 unspecified atom stereocenters. The third-order valence-corrected chi connectivity index (χ3v) is 8.30. The summed E-state index contributed by atoms with van der Waals surface area (Å²) in [6.45, 7) is 6.79. The van der Waals surface area contributed by atoms with Crippen LogP contribution in [-0.2, 0) is 20.5 Å². The van der Waals surface area contributed by atoms with Crippen molar-refractivity contribution in [2.45, 2.75) is 42.6 Å². The Bertz CT molecular complexity index is 1180. The Morgan fingerprint density at radius 1 is 1.12 bits per heavy atom. The van der Waals surface area contributed by atoms with E-state index < -0.39 is 10.0 Å². The summed E-state index contributed by atoms with van der Waals surface area (Å²) in [6.07, 6.45) is 0. The lowest BCUT2D eigenvalue weighted by Crippen LogP contribution is -2.30. The summed E-state index contributed by atoms with van der Waals surface area (Å²) in [5.41, 5.74) is 1.21. The fourth-order valence-electron chi connectivity index (χ4n) is 3.55. The zero-order chi connectivity index (χ0) is 24.0. The number of hydrogen-bond donors (Lipinski definition) is 0. The highest BCUT2D eigenvalue weighted by atomic mass is 32.2. The molecule has 3 aromatic rings. The van der Waals surface area contributed by atoms with Crippen LogP contribution in [0.2, 0.25) is 0 Å². The molecule has 0 aliphatic rings. The van der Waals surface area contributed by atoms with Crippen molar-refractivity contribution in [2.24, 2.45) is 0 Å². The van der Waals surface area contributed by atoms with Gasteiger partial charge in [-0.3, -0.25) is 4.57 Å². The van der Waals surface area contributed by atoms with E-state index in [1.165, 1.54) is 22.1 Å². The van der Waals surface area contributed by atoms with Crippen molar-refractivity contribution in [1.29, 1.82) is 0 Å². The van der Waals surface area contributed by atoms with E-state index in [4.69, 9.17) is 4.74 Å². The van der Waals surface area contributed by atoms with Gasteiger partial charge in [0.15, 0.2) is 11.0 Å². The molecule has 0 aliphatic carbocycles. The molecule has 0 radical (unpaired) electrons. The van der Waals surface area contributed by atoms with Gasteiger partial charge < -0.3 is 4.74 Å². The number of hydrogen-bond acceptors (Lipinski definition) is 6. The van der Waals surface area contributed by atoms with E-state index in [1.54, 1.807) is 43.5 Å². The number of sulfonamides is 1. The van der Waals surface area contributed by atoms with Gasteiger partial charge >= 0.3 is 0 Å². The first-order chi connectivity index (χ1) is 15.8. The van der Waals surface area contributed by atoms with Gasteiger partial charge in [0.1, 0.15) is 5.82 Å². The Labute approximate surface area is 199 Å². The van der Waals surface area contributed by atoms with Gasteiger partial charge in [0.25, 0.3) is 0 Å². The minimum Gasteiger partial charge on any atom is -0.383 e. The number of methoxy groups -OCH3 is 1. The molecule has 3 rings (SSSR count). The van der Waals surface area contributed by atoms with E-state index in [1.807, 2.05) is 31.4 Å². The van der Waals surface area contributed by atoms with Crippen molar-refractivity contribution >= 4 is 21.8 Å². The Hall–Kier alpha value is -2.27. The minimum absolute atomic E-state index is 0.119. The summed E-state index contributed by atoms with van der Waals surface area (Å²) in [4.78, 5) is 0.207. The molecule has 1 atom stereocenters. The lowest BCUT2D eigenvalue weighted by atomic mass is 10.2. The molecule has 1 heterocycles. The molecule has 0 aliphatic heterocycles. The van der Waals surface area contributed by atoms with Crippen molar-refractivity contribution in [3.05, 3.63) is 59.9 Å². The van der Waals surface area contributed by atoms with Crippen LogP contribution in [-0.4, -0.2) is 54.3 Å². The maximum absolute atomic E-state index is 14.1. The summed E-state index contributed by atoms with van der Waals surface area (Å²) in [5, 5.41) is 9.31. The van der Waals surface area contributed by atoms with Crippen molar-refractivity contribution in [3.63, 3.8) is 0 Å². The van der Waals surface area contributed by atoms with E-state index in [0.717, 1.165) is 0 Å². The van der Waals surface area contributed by atoms with Crippen LogP contribution in [0.5, 0.6) is 0 Å². The van der Waals surface area contributed by atoms with E-state index in [-0.39, 0.29) is 16.8 Å². The second kappa shape index (κ2) is 11.2. The van der Waals surface area contributed by atoms with Crippen LogP contribution in [0.15, 0.2) is 58.6 Å². The van der Waals surface area contributed by atoms with Crippen LogP contribution in [0.4, 0.5) is 4.39 Å². The third-order valence-electron chi connectivity index (χ3n) is 5.26. The molecule has 0 saturated carbocycles. The standard InChI is InChI=1S/C23H29FN4O3S2/c1-5-27(6-2)33(29,30)20-12-9-11-18(14-20)22-25-26-23(28(22)17(3)15-31-4)32-16-19-10-7-8-13-21(19)24/h7-14,17H,5-6,15-16H2,1-4H3. The molecule has 10 heteroatoms. The van der Waals surface area contributed by atoms with Gasteiger partial charge in [-0.25, -0.2) is 12.8 Å². The van der Waals surface area contributed by atoms with Gasteiger partial charge in [0, 0.05) is 31.5 Å². The lowest BCUT2D eigenvalue weighted by molar-refractivity contribution is 0.159. The Morgan fingerprint density at radius 2 is 1.85 bits per heavy atom. The molecule has 0 saturated heterocycles. The predicted molar refractivity (Wildman–Crippen MR) is 128 cm³/mol. The quantitative estimate of drug-likeness (QED) is 0.364. The molecule has 0 amide bonds. The number of rotatable bonds is 11. The fourth-order valence-corrected chi connectivity index (χ4v) is 6.08. The van der Waals surface area contributed by atoms with Gasteiger partial charge in [-0.2, -0.15) is 4.31 Å². The molecule has 178 valence electrons. The van der Waals surface area contributed by atoms with Crippen molar-refractivity contribution in [3.8, 4) is 11.4 Å². The number of nitrogens with zero attached hydrogens (tertiary/aromatic N) is 4. The summed E-state index contributed by atoms with van der Waals surface area (Å²) in [7, 11) is -2.00. The first kappa shape index (κ1) is 25.4. The topological polar surface area (TPSA) is 77.3 Å². The average Bonchev–Trinajstić information content (AvgIpc) is 3.23. The Morgan fingerprint density at radius 3 is 2.52 bits per heavy atom. The van der Waals surface area contributed by atoms with E-state index in [0.29, 0.717) is 47.6 Å². The van der Waals surface area contributed by atoms with E-state index in [9.17, 15) is 12.8 Å².